The van der Waals surface area contributed by atoms with E-state index in [1.165, 1.54) is 25.0 Å². The summed E-state index contributed by atoms with van der Waals surface area (Å²) in [5.41, 5.74) is 6.09. The average molecular weight is 211 g/mol. The van der Waals surface area contributed by atoms with Crippen molar-refractivity contribution >= 4 is 0 Å². The molecule has 0 radical (unpaired) electrons. The lowest BCUT2D eigenvalue weighted by Gasteiger charge is -2.14. The Labute approximate surface area is 88.3 Å². The highest BCUT2D eigenvalue weighted by atomic mass is 19.1. The van der Waals surface area contributed by atoms with Crippen LogP contribution in [0.1, 0.15) is 18.4 Å². The van der Waals surface area contributed by atoms with Crippen molar-refractivity contribution in [1.29, 1.82) is 0 Å². The first kappa shape index (κ1) is 10.6. The summed E-state index contributed by atoms with van der Waals surface area (Å²) in [5, 5.41) is 0. The molecular weight excluding hydrogens is 196 g/mol. The third-order valence-corrected chi connectivity index (χ3v) is 3.08. The molecule has 1 atom stereocenters. The Morgan fingerprint density at radius 2 is 2.07 bits per heavy atom. The van der Waals surface area contributed by atoms with E-state index >= 15 is 0 Å². The van der Waals surface area contributed by atoms with Crippen LogP contribution >= 0.6 is 0 Å². The summed E-state index contributed by atoms with van der Waals surface area (Å²) in [7, 11) is 0. The highest BCUT2D eigenvalue weighted by Gasteiger charge is 2.30. The first-order valence-corrected chi connectivity index (χ1v) is 5.34. The monoisotopic (exact) mass is 211 g/mol. The predicted molar refractivity (Wildman–Crippen MR) is 55.3 cm³/mol. The van der Waals surface area contributed by atoms with Crippen LogP contribution in [0.25, 0.3) is 0 Å². The summed E-state index contributed by atoms with van der Waals surface area (Å²) >= 11 is 0. The molecule has 82 valence electrons. The third-order valence-electron chi connectivity index (χ3n) is 3.08. The van der Waals surface area contributed by atoms with E-state index in [0.29, 0.717) is 30.4 Å². The zero-order valence-corrected chi connectivity index (χ0v) is 8.55. The van der Waals surface area contributed by atoms with E-state index in [2.05, 4.69) is 0 Å². The van der Waals surface area contributed by atoms with E-state index in [1.54, 1.807) is 0 Å². The van der Waals surface area contributed by atoms with Gasteiger partial charge < -0.3 is 5.73 Å². The Balaban J connectivity index is 2.11. The second-order valence-electron chi connectivity index (χ2n) is 4.27. The molecule has 0 spiro atoms. The van der Waals surface area contributed by atoms with Crippen LogP contribution in [0.15, 0.2) is 18.2 Å². The molecule has 2 rings (SSSR count). The number of halogens is 2. The van der Waals surface area contributed by atoms with Crippen molar-refractivity contribution in [3.63, 3.8) is 0 Å². The van der Waals surface area contributed by atoms with Crippen LogP contribution in [0.5, 0.6) is 0 Å². The molecule has 0 aliphatic heterocycles. The van der Waals surface area contributed by atoms with Gasteiger partial charge in [0, 0.05) is 0 Å². The van der Waals surface area contributed by atoms with Gasteiger partial charge in [-0.2, -0.15) is 0 Å². The van der Waals surface area contributed by atoms with Crippen molar-refractivity contribution in [1.82, 2.24) is 0 Å². The molecule has 1 fully saturated rings. The fraction of sp³-hybridized carbons (Fsp3) is 0.500. The van der Waals surface area contributed by atoms with E-state index in [-0.39, 0.29) is 11.6 Å². The van der Waals surface area contributed by atoms with Crippen LogP contribution in [0, 0.1) is 23.5 Å². The van der Waals surface area contributed by atoms with Crippen LogP contribution in [0.3, 0.4) is 0 Å². The second kappa shape index (κ2) is 4.27. The van der Waals surface area contributed by atoms with Gasteiger partial charge in [0.05, 0.1) is 0 Å². The van der Waals surface area contributed by atoms with E-state index in [0.717, 1.165) is 6.07 Å². The Bertz CT molecular complexity index is 347. The number of hydrogen-bond acceptors (Lipinski definition) is 1. The van der Waals surface area contributed by atoms with E-state index in [9.17, 15) is 8.78 Å². The molecule has 1 saturated carbocycles. The molecule has 0 heterocycles. The Morgan fingerprint density at radius 3 is 2.67 bits per heavy atom. The maximum Gasteiger partial charge on any atom is 0.126 e. The molecule has 15 heavy (non-hydrogen) atoms. The Morgan fingerprint density at radius 1 is 1.33 bits per heavy atom. The first-order chi connectivity index (χ1) is 7.20. The quantitative estimate of drug-likeness (QED) is 0.813. The molecule has 0 bridgehead atoms. The minimum absolute atomic E-state index is 0.307. The maximum absolute atomic E-state index is 13.3. The van der Waals surface area contributed by atoms with Crippen LogP contribution in [-0.4, -0.2) is 6.54 Å². The molecule has 1 aliphatic carbocycles. The van der Waals surface area contributed by atoms with Crippen molar-refractivity contribution < 1.29 is 8.78 Å². The van der Waals surface area contributed by atoms with Gasteiger partial charge in [0.2, 0.25) is 0 Å². The molecule has 3 heteroatoms. The zero-order valence-electron chi connectivity index (χ0n) is 8.55. The molecule has 0 saturated heterocycles. The fourth-order valence-electron chi connectivity index (χ4n) is 1.99. The lowest BCUT2D eigenvalue weighted by molar-refractivity contribution is 0.457. The van der Waals surface area contributed by atoms with Gasteiger partial charge in [-0.15, -0.1) is 0 Å². The van der Waals surface area contributed by atoms with Crippen LogP contribution in [0.4, 0.5) is 8.78 Å². The van der Waals surface area contributed by atoms with Gasteiger partial charge in [-0.25, -0.2) is 8.78 Å². The minimum Gasteiger partial charge on any atom is -0.330 e. The topological polar surface area (TPSA) is 26.0 Å². The lowest BCUT2D eigenvalue weighted by atomic mass is 9.94. The second-order valence-corrected chi connectivity index (χ2v) is 4.27. The van der Waals surface area contributed by atoms with Crippen molar-refractivity contribution in [2.45, 2.75) is 19.3 Å². The number of hydrogen-bond donors (Lipinski definition) is 1. The van der Waals surface area contributed by atoms with Crippen LogP contribution < -0.4 is 5.73 Å². The number of nitrogens with two attached hydrogens (primary N) is 1. The molecular formula is C12H15F2N. The Kier molecular flexibility index (Phi) is 3.00. The number of rotatable bonds is 4. The summed E-state index contributed by atoms with van der Waals surface area (Å²) in [6.07, 6.45) is 2.92. The van der Waals surface area contributed by atoms with Gasteiger partial charge >= 0.3 is 0 Å². The molecule has 1 nitrogen and oxygen atoms in total. The van der Waals surface area contributed by atoms with Crippen LogP contribution in [0.2, 0.25) is 0 Å². The van der Waals surface area contributed by atoms with E-state index in [1.807, 2.05) is 0 Å². The molecule has 2 N–H and O–H groups in total. The van der Waals surface area contributed by atoms with E-state index < -0.39 is 0 Å². The van der Waals surface area contributed by atoms with Gasteiger partial charge in [-0.05, 0) is 61.4 Å². The number of benzene rings is 1. The van der Waals surface area contributed by atoms with Gasteiger partial charge in [0.15, 0.2) is 0 Å². The van der Waals surface area contributed by atoms with Crippen molar-refractivity contribution in [2.75, 3.05) is 6.54 Å². The van der Waals surface area contributed by atoms with Gasteiger partial charge in [0.1, 0.15) is 11.6 Å². The molecule has 0 unspecified atom stereocenters. The van der Waals surface area contributed by atoms with Crippen molar-refractivity contribution in [3.05, 3.63) is 35.4 Å². The molecule has 1 aliphatic rings. The summed E-state index contributed by atoms with van der Waals surface area (Å²) in [6.45, 7) is 0.556. The standard InChI is InChI=1S/C12H15F2N/c13-11-3-4-12(14)9(6-11)5-10(7-15)8-1-2-8/h3-4,6,8,10H,1-2,5,7,15H2/t10-/m0/s1. The van der Waals surface area contributed by atoms with Crippen molar-refractivity contribution in [2.24, 2.45) is 17.6 Å². The molecule has 0 aromatic heterocycles. The van der Waals surface area contributed by atoms with Crippen LogP contribution in [-0.2, 0) is 6.42 Å². The summed E-state index contributed by atoms with van der Waals surface area (Å²) < 4.78 is 26.3. The summed E-state index contributed by atoms with van der Waals surface area (Å²) in [4.78, 5) is 0. The Hall–Kier alpha value is -0.960. The lowest BCUT2D eigenvalue weighted by Crippen LogP contribution is -2.19. The predicted octanol–water partition coefficient (Wildman–Crippen LogP) is 2.49. The smallest absolute Gasteiger partial charge is 0.126 e. The van der Waals surface area contributed by atoms with Crippen molar-refractivity contribution in [3.8, 4) is 0 Å². The highest BCUT2D eigenvalue weighted by molar-refractivity contribution is 5.19. The van der Waals surface area contributed by atoms with Gasteiger partial charge in [-0.1, -0.05) is 0 Å². The largest absolute Gasteiger partial charge is 0.330 e. The van der Waals surface area contributed by atoms with E-state index in [4.69, 9.17) is 5.73 Å². The summed E-state index contributed by atoms with van der Waals surface area (Å²) in [6, 6.07) is 3.61. The zero-order chi connectivity index (χ0) is 10.8. The maximum atomic E-state index is 13.3. The fourth-order valence-corrected chi connectivity index (χ4v) is 1.99. The minimum atomic E-state index is -0.377. The third kappa shape index (κ3) is 2.53. The van der Waals surface area contributed by atoms with Gasteiger partial charge in [-0.3, -0.25) is 0 Å². The molecule has 1 aromatic rings. The molecule has 0 amide bonds. The SMILES string of the molecule is NC[C@H](Cc1cc(F)ccc1F)C1CC1. The normalized spacial score (nSPS) is 17.8. The first-order valence-electron chi connectivity index (χ1n) is 5.34. The average Bonchev–Trinajstić information content (AvgIpc) is 3.03. The molecule has 1 aromatic carbocycles. The highest BCUT2D eigenvalue weighted by Crippen LogP contribution is 2.38. The summed E-state index contributed by atoms with van der Waals surface area (Å²) in [5.74, 6) is 0.229. The van der Waals surface area contributed by atoms with Gasteiger partial charge in [0.25, 0.3) is 0 Å².